The molecule has 1 aliphatic heterocycles. The van der Waals surface area contributed by atoms with E-state index in [2.05, 4.69) is 0 Å². The lowest BCUT2D eigenvalue weighted by molar-refractivity contribution is -0.133. The Balaban J connectivity index is 1.97. The topological polar surface area (TPSA) is 38.8 Å². The summed E-state index contributed by atoms with van der Waals surface area (Å²) in [6.45, 7) is 6.25. The summed E-state index contributed by atoms with van der Waals surface area (Å²) in [5.74, 6) is 0.233. The van der Waals surface area contributed by atoms with Crippen molar-refractivity contribution in [1.82, 2.24) is 4.90 Å². The molecule has 0 N–H and O–H groups in total. The third kappa shape index (κ3) is 5.47. The molecule has 1 rings (SSSR count). The fraction of sp³-hybridized carbons (Fsp3) is 0.917. The molecule has 0 aromatic rings. The highest BCUT2D eigenvalue weighted by molar-refractivity contribution is 5.76. The van der Waals surface area contributed by atoms with Crippen LogP contribution in [0.15, 0.2) is 0 Å². The van der Waals surface area contributed by atoms with Gasteiger partial charge in [-0.05, 0) is 26.2 Å². The van der Waals surface area contributed by atoms with Gasteiger partial charge in [-0.2, -0.15) is 0 Å². The lowest BCUT2D eigenvalue weighted by Crippen LogP contribution is -2.36. The second kappa shape index (κ2) is 8.53. The van der Waals surface area contributed by atoms with Crippen molar-refractivity contribution in [3.63, 3.8) is 0 Å². The average molecular weight is 229 g/mol. The van der Waals surface area contributed by atoms with Gasteiger partial charge in [0.25, 0.3) is 0 Å². The summed E-state index contributed by atoms with van der Waals surface area (Å²) < 4.78 is 10.5. The van der Waals surface area contributed by atoms with Gasteiger partial charge < -0.3 is 14.4 Å². The van der Waals surface area contributed by atoms with Crippen LogP contribution in [0.2, 0.25) is 0 Å². The van der Waals surface area contributed by atoms with E-state index in [1.165, 1.54) is 6.42 Å². The number of carbonyl (C=O) groups excluding carboxylic acids is 1. The SMILES string of the molecule is CCOCCOCCC(=O)N1CCCCC1. The van der Waals surface area contributed by atoms with Gasteiger partial charge in [0.05, 0.1) is 26.2 Å². The van der Waals surface area contributed by atoms with Crippen molar-refractivity contribution in [2.75, 3.05) is 39.5 Å². The molecule has 4 heteroatoms. The maximum Gasteiger partial charge on any atom is 0.224 e. The Labute approximate surface area is 97.9 Å². The standard InChI is InChI=1S/C12H23NO3/c1-2-15-10-11-16-9-6-12(14)13-7-4-3-5-8-13/h2-11H2,1H3. The van der Waals surface area contributed by atoms with E-state index in [0.717, 1.165) is 32.5 Å². The van der Waals surface area contributed by atoms with E-state index < -0.39 is 0 Å². The van der Waals surface area contributed by atoms with E-state index in [9.17, 15) is 4.79 Å². The zero-order chi connectivity index (χ0) is 11.6. The highest BCUT2D eigenvalue weighted by Crippen LogP contribution is 2.09. The number of rotatable bonds is 7. The number of hydrogen-bond donors (Lipinski definition) is 0. The Hall–Kier alpha value is -0.610. The molecule has 0 atom stereocenters. The minimum atomic E-state index is 0.233. The van der Waals surface area contributed by atoms with Crippen LogP contribution in [0.4, 0.5) is 0 Å². The van der Waals surface area contributed by atoms with E-state index in [-0.39, 0.29) is 5.91 Å². The lowest BCUT2D eigenvalue weighted by atomic mass is 10.1. The highest BCUT2D eigenvalue weighted by Gasteiger charge is 2.15. The lowest BCUT2D eigenvalue weighted by Gasteiger charge is -2.26. The first-order valence-corrected chi connectivity index (χ1v) is 6.28. The quantitative estimate of drug-likeness (QED) is 0.620. The number of ether oxygens (including phenoxy) is 2. The average Bonchev–Trinajstić information content (AvgIpc) is 2.34. The van der Waals surface area contributed by atoms with Crippen LogP contribution in [0.25, 0.3) is 0 Å². The van der Waals surface area contributed by atoms with Crippen molar-refractivity contribution in [1.29, 1.82) is 0 Å². The van der Waals surface area contributed by atoms with Gasteiger partial charge in [-0.3, -0.25) is 4.79 Å². The van der Waals surface area contributed by atoms with Crippen LogP contribution in [-0.4, -0.2) is 50.3 Å². The summed E-state index contributed by atoms with van der Waals surface area (Å²) in [5, 5.41) is 0. The second-order valence-electron chi connectivity index (χ2n) is 4.00. The van der Waals surface area contributed by atoms with Crippen molar-refractivity contribution in [2.45, 2.75) is 32.6 Å². The summed E-state index contributed by atoms with van der Waals surface area (Å²) in [7, 11) is 0. The molecule has 0 bridgehead atoms. The number of carbonyl (C=O) groups is 1. The number of piperidine rings is 1. The molecule has 16 heavy (non-hydrogen) atoms. The zero-order valence-corrected chi connectivity index (χ0v) is 10.2. The van der Waals surface area contributed by atoms with Gasteiger partial charge in [-0.15, -0.1) is 0 Å². The normalized spacial score (nSPS) is 16.4. The summed E-state index contributed by atoms with van der Waals surface area (Å²) >= 11 is 0. The summed E-state index contributed by atoms with van der Waals surface area (Å²) in [4.78, 5) is 13.7. The van der Waals surface area contributed by atoms with Crippen LogP contribution in [-0.2, 0) is 14.3 Å². The van der Waals surface area contributed by atoms with Crippen molar-refractivity contribution in [3.05, 3.63) is 0 Å². The molecule has 1 fully saturated rings. The Kier molecular flexibility index (Phi) is 7.17. The Morgan fingerprint density at radius 3 is 2.44 bits per heavy atom. The molecule has 0 aromatic carbocycles. The molecule has 94 valence electrons. The predicted octanol–water partition coefficient (Wildman–Crippen LogP) is 1.44. The monoisotopic (exact) mass is 229 g/mol. The van der Waals surface area contributed by atoms with E-state index in [4.69, 9.17) is 9.47 Å². The van der Waals surface area contributed by atoms with Gasteiger partial charge in [0.1, 0.15) is 0 Å². The minimum Gasteiger partial charge on any atom is -0.379 e. The van der Waals surface area contributed by atoms with Crippen LogP contribution < -0.4 is 0 Å². The molecule has 0 radical (unpaired) electrons. The first kappa shape index (κ1) is 13.5. The fourth-order valence-corrected chi connectivity index (χ4v) is 1.83. The number of amides is 1. The fourth-order valence-electron chi connectivity index (χ4n) is 1.83. The van der Waals surface area contributed by atoms with Crippen molar-refractivity contribution < 1.29 is 14.3 Å². The van der Waals surface area contributed by atoms with E-state index >= 15 is 0 Å². The van der Waals surface area contributed by atoms with Gasteiger partial charge >= 0.3 is 0 Å². The molecule has 0 saturated carbocycles. The van der Waals surface area contributed by atoms with Gasteiger partial charge in [0, 0.05) is 19.7 Å². The highest BCUT2D eigenvalue weighted by atomic mass is 16.5. The third-order valence-corrected chi connectivity index (χ3v) is 2.75. The molecule has 0 aliphatic carbocycles. The molecule has 1 aliphatic rings. The summed E-state index contributed by atoms with van der Waals surface area (Å²) in [5.41, 5.74) is 0. The van der Waals surface area contributed by atoms with Crippen LogP contribution >= 0.6 is 0 Å². The first-order valence-electron chi connectivity index (χ1n) is 6.28. The predicted molar refractivity (Wildman–Crippen MR) is 62.4 cm³/mol. The van der Waals surface area contributed by atoms with Gasteiger partial charge in [-0.25, -0.2) is 0 Å². The molecule has 1 heterocycles. The second-order valence-corrected chi connectivity index (χ2v) is 4.00. The zero-order valence-electron chi connectivity index (χ0n) is 10.2. The molecule has 0 aromatic heterocycles. The van der Waals surface area contributed by atoms with Gasteiger partial charge in [0.2, 0.25) is 5.91 Å². The van der Waals surface area contributed by atoms with Crippen LogP contribution in [0, 0.1) is 0 Å². The molecule has 4 nitrogen and oxygen atoms in total. The Morgan fingerprint density at radius 1 is 1.06 bits per heavy atom. The van der Waals surface area contributed by atoms with Crippen LogP contribution in [0.3, 0.4) is 0 Å². The van der Waals surface area contributed by atoms with Crippen LogP contribution in [0.1, 0.15) is 32.6 Å². The summed E-state index contributed by atoms with van der Waals surface area (Å²) in [6, 6.07) is 0. The molecule has 0 spiro atoms. The van der Waals surface area contributed by atoms with E-state index in [1.807, 2.05) is 11.8 Å². The van der Waals surface area contributed by atoms with Gasteiger partial charge in [-0.1, -0.05) is 0 Å². The van der Waals surface area contributed by atoms with Crippen LogP contribution in [0.5, 0.6) is 0 Å². The van der Waals surface area contributed by atoms with E-state index in [0.29, 0.717) is 26.2 Å². The molecular formula is C12H23NO3. The van der Waals surface area contributed by atoms with Crippen molar-refractivity contribution in [2.24, 2.45) is 0 Å². The largest absolute Gasteiger partial charge is 0.379 e. The van der Waals surface area contributed by atoms with E-state index in [1.54, 1.807) is 0 Å². The number of nitrogens with zero attached hydrogens (tertiary/aromatic N) is 1. The molecule has 0 unspecified atom stereocenters. The van der Waals surface area contributed by atoms with Crippen molar-refractivity contribution in [3.8, 4) is 0 Å². The number of hydrogen-bond acceptors (Lipinski definition) is 3. The van der Waals surface area contributed by atoms with Gasteiger partial charge in [0.15, 0.2) is 0 Å². The third-order valence-electron chi connectivity index (χ3n) is 2.75. The Bertz CT molecular complexity index is 191. The molecule has 1 amide bonds. The summed E-state index contributed by atoms with van der Waals surface area (Å²) in [6.07, 6.45) is 4.06. The first-order chi connectivity index (χ1) is 7.84. The smallest absolute Gasteiger partial charge is 0.224 e. The maximum absolute atomic E-state index is 11.7. The molecule has 1 saturated heterocycles. The minimum absolute atomic E-state index is 0.233. The Morgan fingerprint density at radius 2 is 1.75 bits per heavy atom. The number of likely N-dealkylation sites (tertiary alicyclic amines) is 1. The maximum atomic E-state index is 11.7. The molecular weight excluding hydrogens is 206 g/mol. The van der Waals surface area contributed by atoms with Crippen molar-refractivity contribution >= 4 is 5.91 Å².